The van der Waals surface area contributed by atoms with Gasteiger partial charge in [-0.05, 0) is 37.0 Å². The van der Waals surface area contributed by atoms with Crippen molar-refractivity contribution in [1.82, 2.24) is 20.2 Å². The molecule has 190 valence electrons. The third-order valence-electron chi connectivity index (χ3n) is 7.09. The Morgan fingerprint density at radius 3 is 2.86 bits per heavy atom. The van der Waals surface area contributed by atoms with E-state index >= 15 is 0 Å². The van der Waals surface area contributed by atoms with Gasteiger partial charge >= 0.3 is 0 Å². The van der Waals surface area contributed by atoms with Gasteiger partial charge in [0.1, 0.15) is 12.0 Å². The van der Waals surface area contributed by atoms with E-state index in [1.165, 1.54) is 0 Å². The fraction of sp³-hybridized carbons (Fsp3) is 0.600. The van der Waals surface area contributed by atoms with Gasteiger partial charge in [0, 0.05) is 74.4 Å². The van der Waals surface area contributed by atoms with Crippen molar-refractivity contribution in [3.05, 3.63) is 45.1 Å². The normalized spacial score (nSPS) is 21.7. The highest BCUT2D eigenvalue weighted by Gasteiger charge is 2.27. The largest absolute Gasteiger partial charge is 0.374 e. The number of ether oxygens (including phenoxy) is 1. The molecule has 1 atom stereocenters. The van der Waals surface area contributed by atoms with Crippen molar-refractivity contribution in [1.29, 1.82) is 0 Å². The Morgan fingerprint density at radius 2 is 2.03 bits per heavy atom. The van der Waals surface area contributed by atoms with Crippen LogP contribution >= 0.6 is 23.2 Å². The molecule has 7 nitrogen and oxygen atoms in total. The third-order valence-corrected chi connectivity index (χ3v) is 7.68. The maximum Gasteiger partial charge on any atom is 0.227 e. The molecular weight excluding hydrogens is 490 g/mol. The van der Waals surface area contributed by atoms with Crippen LogP contribution in [0.4, 0.5) is 16.2 Å². The second-order valence-corrected chi connectivity index (χ2v) is 10.4. The quantitative estimate of drug-likeness (QED) is 0.568. The van der Waals surface area contributed by atoms with Gasteiger partial charge in [0.15, 0.2) is 0 Å². The second kappa shape index (κ2) is 11.6. The maximum absolute atomic E-state index is 13.4. The van der Waals surface area contributed by atoms with E-state index in [0.29, 0.717) is 36.0 Å². The van der Waals surface area contributed by atoms with Gasteiger partial charge in [-0.3, -0.25) is 0 Å². The van der Waals surface area contributed by atoms with E-state index in [-0.39, 0.29) is 6.10 Å². The molecule has 2 fully saturated rings. The van der Waals surface area contributed by atoms with Crippen molar-refractivity contribution in [2.45, 2.75) is 51.0 Å². The average molecular weight is 523 g/mol. The van der Waals surface area contributed by atoms with Crippen LogP contribution < -0.4 is 15.5 Å². The number of morpholine rings is 1. The zero-order valence-corrected chi connectivity index (χ0v) is 21.4. The molecule has 1 unspecified atom stereocenters. The van der Waals surface area contributed by atoms with Crippen molar-refractivity contribution in [2.75, 3.05) is 56.1 Å². The van der Waals surface area contributed by atoms with Gasteiger partial charge in [-0.2, -0.15) is 4.98 Å². The number of likely N-dealkylation sites (tertiary alicyclic amines) is 1. The zero-order chi connectivity index (χ0) is 24.2. The molecule has 0 bridgehead atoms. The standard InChI is InChI=1S/C25H33Cl2FN6O/c26-18-2-1-17(22(27)13-18)14-30-24-21-15-29-7-3-23(21)31-25(32-24)34-11-12-35-20(16-34)6-10-33-8-4-19(28)5-9-33/h1-2,13,19-20,29H,3-12,14-16H2,(H,30,31,32). The van der Waals surface area contributed by atoms with Crippen molar-refractivity contribution < 1.29 is 9.13 Å². The summed E-state index contributed by atoms with van der Waals surface area (Å²) in [5.74, 6) is 1.60. The van der Waals surface area contributed by atoms with Crippen molar-refractivity contribution in [3.63, 3.8) is 0 Å². The number of piperidine rings is 1. The molecule has 1 aromatic heterocycles. The molecule has 0 radical (unpaired) electrons. The molecule has 5 rings (SSSR count). The summed E-state index contributed by atoms with van der Waals surface area (Å²) in [7, 11) is 0. The number of alkyl halides is 1. The first-order valence-electron chi connectivity index (χ1n) is 12.6. The number of hydrogen-bond donors (Lipinski definition) is 2. The van der Waals surface area contributed by atoms with Crippen LogP contribution in [0.5, 0.6) is 0 Å². The SMILES string of the molecule is FC1CCN(CCC2CN(c3nc4c(c(NCc5ccc(Cl)cc5Cl)n3)CNCC4)CCO2)CC1. The van der Waals surface area contributed by atoms with Crippen LogP contribution in [-0.4, -0.2) is 73.0 Å². The summed E-state index contributed by atoms with van der Waals surface area (Å²) >= 11 is 12.4. The Labute approximate surface area is 216 Å². The van der Waals surface area contributed by atoms with E-state index < -0.39 is 6.17 Å². The van der Waals surface area contributed by atoms with E-state index in [0.717, 1.165) is 87.2 Å². The molecule has 1 aromatic carbocycles. The number of rotatable bonds is 7. The van der Waals surface area contributed by atoms with Gasteiger partial charge in [0.25, 0.3) is 0 Å². The van der Waals surface area contributed by atoms with E-state index in [4.69, 9.17) is 37.9 Å². The summed E-state index contributed by atoms with van der Waals surface area (Å²) in [6.07, 6.45) is 2.58. The number of aromatic nitrogens is 2. The Balaban J connectivity index is 1.27. The lowest BCUT2D eigenvalue weighted by Crippen LogP contribution is -2.45. The summed E-state index contributed by atoms with van der Waals surface area (Å²) in [5, 5.41) is 8.19. The van der Waals surface area contributed by atoms with Crippen molar-refractivity contribution in [2.24, 2.45) is 0 Å². The minimum Gasteiger partial charge on any atom is -0.374 e. The molecule has 35 heavy (non-hydrogen) atoms. The topological polar surface area (TPSA) is 65.5 Å². The Hall–Kier alpha value is -1.71. The highest BCUT2D eigenvalue weighted by atomic mass is 35.5. The van der Waals surface area contributed by atoms with Gasteiger partial charge in [-0.25, -0.2) is 9.37 Å². The third kappa shape index (κ3) is 6.35. The first-order valence-corrected chi connectivity index (χ1v) is 13.3. The lowest BCUT2D eigenvalue weighted by molar-refractivity contribution is 0.0246. The van der Waals surface area contributed by atoms with Crippen molar-refractivity contribution >= 4 is 35.0 Å². The molecule has 2 N–H and O–H groups in total. The number of anilines is 2. The van der Waals surface area contributed by atoms with Gasteiger partial charge in [0.2, 0.25) is 5.95 Å². The average Bonchev–Trinajstić information content (AvgIpc) is 2.88. The summed E-state index contributed by atoms with van der Waals surface area (Å²) in [4.78, 5) is 14.5. The minimum atomic E-state index is -0.637. The summed E-state index contributed by atoms with van der Waals surface area (Å²) < 4.78 is 19.5. The predicted molar refractivity (Wildman–Crippen MR) is 138 cm³/mol. The van der Waals surface area contributed by atoms with Gasteiger partial charge in [-0.15, -0.1) is 0 Å². The Bertz CT molecular complexity index is 1020. The summed E-state index contributed by atoms with van der Waals surface area (Å²) in [6, 6.07) is 5.55. The molecule has 0 aliphatic carbocycles. The van der Waals surface area contributed by atoms with Crippen LogP contribution in [0.1, 0.15) is 36.1 Å². The number of hydrogen-bond acceptors (Lipinski definition) is 7. The molecule has 2 saturated heterocycles. The van der Waals surface area contributed by atoms with Gasteiger partial charge in [0.05, 0.1) is 18.4 Å². The lowest BCUT2D eigenvalue weighted by atomic mass is 10.1. The zero-order valence-electron chi connectivity index (χ0n) is 19.9. The van der Waals surface area contributed by atoms with Gasteiger partial charge in [-0.1, -0.05) is 29.3 Å². The number of benzene rings is 1. The fourth-order valence-electron chi connectivity index (χ4n) is 4.99. The van der Waals surface area contributed by atoms with Crippen molar-refractivity contribution in [3.8, 4) is 0 Å². The van der Waals surface area contributed by atoms with Crippen LogP contribution in [0.25, 0.3) is 0 Å². The lowest BCUT2D eigenvalue weighted by Gasteiger charge is -2.35. The maximum atomic E-state index is 13.4. The van der Waals surface area contributed by atoms with E-state index in [1.54, 1.807) is 6.07 Å². The predicted octanol–water partition coefficient (Wildman–Crippen LogP) is 4.07. The number of nitrogens with one attached hydrogen (secondary N) is 2. The van der Waals surface area contributed by atoms with Crippen LogP contribution in [0.2, 0.25) is 10.0 Å². The number of fused-ring (bicyclic) bond motifs is 1. The molecule has 0 saturated carbocycles. The monoisotopic (exact) mass is 522 g/mol. The minimum absolute atomic E-state index is 0.123. The Morgan fingerprint density at radius 1 is 1.17 bits per heavy atom. The highest BCUT2D eigenvalue weighted by Crippen LogP contribution is 2.27. The van der Waals surface area contributed by atoms with E-state index in [9.17, 15) is 4.39 Å². The summed E-state index contributed by atoms with van der Waals surface area (Å²) in [6.45, 7) is 7.01. The first kappa shape index (κ1) is 25.0. The van der Waals surface area contributed by atoms with E-state index in [2.05, 4.69) is 20.4 Å². The Kier molecular flexibility index (Phi) is 8.25. The molecule has 0 amide bonds. The van der Waals surface area contributed by atoms with Crippen LogP contribution in [0.15, 0.2) is 18.2 Å². The molecule has 3 aliphatic heterocycles. The number of halogens is 3. The first-order chi connectivity index (χ1) is 17.0. The molecule has 4 heterocycles. The van der Waals surface area contributed by atoms with Crippen LogP contribution in [0.3, 0.4) is 0 Å². The number of nitrogens with zero attached hydrogens (tertiary/aromatic N) is 4. The van der Waals surface area contributed by atoms with E-state index in [1.807, 2.05) is 12.1 Å². The summed E-state index contributed by atoms with van der Waals surface area (Å²) in [5.41, 5.74) is 3.18. The molecule has 2 aromatic rings. The second-order valence-electron chi connectivity index (χ2n) is 9.56. The molecular formula is C25H33Cl2FN6O. The van der Waals surface area contributed by atoms with Crippen LogP contribution in [0, 0.1) is 0 Å². The van der Waals surface area contributed by atoms with Crippen LogP contribution in [-0.2, 0) is 24.2 Å². The molecule has 0 spiro atoms. The van der Waals surface area contributed by atoms with Gasteiger partial charge < -0.3 is 25.2 Å². The molecule has 3 aliphatic rings. The fourth-order valence-corrected chi connectivity index (χ4v) is 5.46. The molecule has 10 heteroatoms. The highest BCUT2D eigenvalue weighted by molar-refractivity contribution is 6.35. The smallest absolute Gasteiger partial charge is 0.227 e.